The van der Waals surface area contributed by atoms with Gasteiger partial charge in [0.1, 0.15) is 0 Å². The summed E-state index contributed by atoms with van der Waals surface area (Å²) in [5.41, 5.74) is 3.49. The normalized spacial score (nSPS) is 21.3. The van der Waals surface area contributed by atoms with Crippen molar-refractivity contribution < 1.29 is 9.59 Å². The van der Waals surface area contributed by atoms with E-state index in [0.29, 0.717) is 13.0 Å². The van der Waals surface area contributed by atoms with Gasteiger partial charge in [0.05, 0.1) is 11.8 Å². The summed E-state index contributed by atoms with van der Waals surface area (Å²) in [5, 5.41) is 3.00. The predicted octanol–water partition coefficient (Wildman–Crippen LogP) is 2.60. The average Bonchev–Trinajstić information content (AvgIpc) is 3.54. The fraction of sp³-hybridized carbons (Fsp3) is 0.391. The van der Waals surface area contributed by atoms with Crippen molar-refractivity contribution >= 4 is 17.5 Å². The van der Waals surface area contributed by atoms with E-state index in [1.54, 1.807) is 0 Å². The molecule has 5 nitrogen and oxygen atoms in total. The van der Waals surface area contributed by atoms with Crippen molar-refractivity contribution in [3.05, 3.63) is 65.7 Å². The summed E-state index contributed by atoms with van der Waals surface area (Å²) >= 11 is 0. The molecule has 1 aliphatic carbocycles. The molecule has 2 aromatic carbocycles. The van der Waals surface area contributed by atoms with E-state index in [2.05, 4.69) is 22.3 Å². The van der Waals surface area contributed by atoms with Crippen molar-refractivity contribution in [3.63, 3.8) is 0 Å². The number of hydrogen-bond donors (Lipinski definition) is 1. The second kappa shape index (κ2) is 8.05. The summed E-state index contributed by atoms with van der Waals surface area (Å²) in [6.45, 7) is 5.70. The third-order valence-corrected chi connectivity index (χ3v) is 5.87. The van der Waals surface area contributed by atoms with Crippen molar-refractivity contribution in [3.8, 4) is 0 Å². The number of aryl methyl sites for hydroxylation is 1. The molecular formula is C23H27N3O2. The van der Waals surface area contributed by atoms with Crippen LogP contribution in [0.2, 0.25) is 0 Å². The van der Waals surface area contributed by atoms with Crippen LogP contribution in [0.15, 0.2) is 54.6 Å². The number of carbonyl (C=O) groups is 2. The quantitative estimate of drug-likeness (QED) is 0.871. The number of amides is 2. The first-order valence-electron chi connectivity index (χ1n) is 10.0. The molecule has 1 heterocycles. The predicted molar refractivity (Wildman–Crippen MR) is 110 cm³/mol. The molecular weight excluding hydrogens is 350 g/mol. The zero-order valence-electron chi connectivity index (χ0n) is 16.3. The van der Waals surface area contributed by atoms with Crippen LogP contribution in [0.1, 0.15) is 17.5 Å². The first-order chi connectivity index (χ1) is 13.6. The summed E-state index contributed by atoms with van der Waals surface area (Å²) in [5.74, 6) is -0.155. The van der Waals surface area contributed by atoms with Gasteiger partial charge in [-0.2, -0.15) is 0 Å². The highest BCUT2D eigenvalue weighted by molar-refractivity contribution is 5.92. The van der Waals surface area contributed by atoms with Crippen LogP contribution in [0.3, 0.4) is 0 Å². The molecule has 0 radical (unpaired) electrons. The van der Waals surface area contributed by atoms with E-state index < -0.39 is 0 Å². The zero-order chi connectivity index (χ0) is 19.5. The van der Waals surface area contributed by atoms with E-state index >= 15 is 0 Å². The lowest BCUT2D eigenvalue weighted by Crippen LogP contribution is -2.49. The minimum absolute atomic E-state index is 0.00419. The van der Waals surface area contributed by atoms with Crippen LogP contribution in [0.5, 0.6) is 0 Å². The number of carbonyl (C=O) groups excluding carboxylic acids is 2. The van der Waals surface area contributed by atoms with Crippen LogP contribution < -0.4 is 10.2 Å². The Morgan fingerprint density at radius 2 is 1.61 bits per heavy atom. The molecule has 2 amide bonds. The van der Waals surface area contributed by atoms with Crippen LogP contribution in [-0.2, 0) is 16.1 Å². The molecule has 0 bridgehead atoms. The number of piperazine rings is 1. The Balaban J connectivity index is 1.24. The molecule has 1 N–H and O–H groups in total. The number of anilines is 1. The van der Waals surface area contributed by atoms with Gasteiger partial charge in [-0.25, -0.2) is 0 Å². The van der Waals surface area contributed by atoms with Gasteiger partial charge in [0.2, 0.25) is 11.8 Å². The van der Waals surface area contributed by atoms with E-state index in [-0.39, 0.29) is 23.7 Å². The molecule has 2 atom stereocenters. The third-order valence-electron chi connectivity index (χ3n) is 5.87. The lowest BCUT2D eigenvalue weighted by Gasteiger charge is -2.36. The minimum atomic E-state index is -0.163. The number of hydrogen-bond acceptors (Lipinski definition) is 3. The van der Waals surface area contributed by atoms with E-state index in [0.717, 1.165) is 31.7 Å². The Labute approximate surface area is 166 Å². The van der Waals surface area contributed by atoms with Crippen molar-refractivity contribution in [2.45, 2.75) is 19.9 Å². The molecule has 2 aliphatic rings. The highest BCUT2D eigenvalue weighted by Crippen LogP contribution is 2.40. The highest BCUT2D eigenvalue weighted by atomic mass is 16.2. The van der Waals surface area contributed by atoms with Gasteiger partial charge in [0.15, 0.2) is 0 Å². The number of nitrogens with one attached hydrogen (secondary N) is 1. The molecule has 5 heteroatoms. The smallest absolute Gasteiger partial charge is 0.226 e. The van der Waals surface area contributed by atoms with Crippen molar-refractivity contribution in [1.29, 1.82) is 0 Å². The van der Waals surface area contributed by atoms with E-state index in [1.807, 2.05) is 54.3 Å². The monoisotopic (exact) mass is 377 g/mol. The second-order valence-electron chi connectivity index (χ2n) is 7.74. The molecule has 1 aliphatic heterocycles. The summed E-state index contributed by atoms with van der Waals surface area (Å²) in [4.78, 5) is 29.4. The van der Waals surface area contributed by atoms with Crippen molar-refractivity contribution in [2.24, 2.45) is 11.8 Å². The average molecular weight is 377 g/mol. The first kappa shape index (κ1) is 18.5. The maximum Gasteiger partial charge on any atom is 0.226 e. The van der Waals surface area contributed by atoms with Crippen LogP contribution in [-0.4, -0.2) is 42.9 Å². The van der Waals surface area contributed by atoms with Crippen LogP contribution in [0.25, 0.3) is 0 Å². The highest BCUT2D eigenvalue weighted by Gasteiger charge is 2.49. The standard InChI is InChI=1S/C23H27N3O2/c1-17-7-5-6-8-18(17)16-24-22(27)20-15-21(20)23(28)26-13-11-25(12-14-26)19-9-3-2-4-10-19/h2-10,20-21H,11-16H2,1H3,(H,24,27). The zero-order valence-corrected chi connectivity index (χ0v) is 16.3. The molecule has 2 fully saturated rings. The Morgan fingerprint density at radius 1 is 0.929 bits per heavy atom. The summed E-state index contributed by atoms with van der Waals surface area (Å²) in [7, 11) is 0. The van der Waals surface area contributed by atoms with Crippen molar-refractivity contribution in [2.75, 3.05) is 31.1 Å². The number of rotatable bonds is 5. The van der Waals surface area contributed by atoms with Gasteiger partial charge >= 0.3 is 0 Å². The summed E-state index contributed by atoms with van der Waals surface area (Å²) in [6.07, 6.45) is 0.678. The van der Waals surface area contributed by atoms with E-state index in [4.69, 9.17) is 0 Å². The largest absolute Gasteiger partial charge is 0.368 e. The van der Waals surface area contributed by atoms with Crippen LogP contribution >= 0.6 is 0 Å². The third kappa shape index (κ3) is 4.03. The van der Waals surface area contributed by atoms with Gasteiger partial charge in [0.25, 0.3) is 0 Å². The van der Waals surface area contributed by atoms with Gasteiger partial charge in [-0.3, -0.25) is 9.59 Å². The molecule has 4 rings (SSSR count). The first-order valence-corrected chi connectivity index (χ1v) is 10.0. The fourth-order valence-electron chi connectivity index (χ4n) is 3.94. The lowest BCUT2D eigenvalue weighted by molar-refractivity contribution is -0.135. The van der Waals surface area contributed by atoms with Gasteiger partial charge in [-0.15, -0.1) is 0 Å². The summed E-state index contributed by atoms with van der Waals surface area (Å²) < 4.78 is 0. The number of benzene rings is 2. The number of para-hydroxylation sites is 1. The Hall–Kier alpha value is -2.82. The number of nitrogens with zero attached hydrogens (tertiary/aromatic N) is 2. The molecule has 28 heavy (non-hydrogen) atoms. The molecule has 2 unspecified atom stereocenters. The van der Waals surface area contributed by atoms with Crippen LogP contribution in [0.4, 0.5) is 5.69 Å². The molecule has 0 spiro atoms. The van der Waals surface area contributed by atoms with Gasteiger partial charge in [-0.05, 0) is 36.6 Å². The van der Waals surface area contributed by atoms with Crippen LogP contribution in [0, 0.1) is 18.8 Å². The lowest BCUT2D eigenvalue weighted by atomic mass is 10.1. The SMILES string of the molecule is Cc1ccccc1CNC(=O)C1CC1C(=O)N1CCN(c2ccccc2)CC1. The maximum absolute atomic E-state index is 12.8. The Morgan fingerprint density at radius 3 is 2.32 bits per heavy atom. The van der Waals surface area contributed by atoms with Gasteiger partial charge < -0.3 is 15.1 Å². The molecule has 1 saturated carbocycles. The van der Waals surface area contributed by atoms with Gasteiger partial charge in [-0.1, -0.05) is 42.5 Å². The Kier molecular flexibility index (Phi) is 5.33. The summed E-state index contributed by atoms with van der Waals surface area (Å²) in [6, 6.07) is 18.3. The molecule has 1 saturated heterocycles. The molecule has 0 aromatic heterocycles. The minimum Gasteiger partial charge on any atom is -0.368 e. The second-order valence-corrected chi connectivity index (χ2v) is 7.74. The fourth-order valence-corrected chi connectivity index (χ4v) is 3.94. The molecule has 146 valence electrons. The van der Waals surface area contributed by atoms with E-state index in [9.17, 15) is 9.59 Å². The Bertz CT molecular complexity index is 844. The maximum atomic E-state index is 12.8. The van der Waals surface area contributed by atoms with E-state index in [1.165, 1.54) is 11.3 Å². The topological polar surface area (TPSA) is 52.7 Å². The molecule has 2 aromatic rings. The van der Waals surface area contributed by atoms with Gasteiger partial charge in [0, 0.05) is 38.4 Å². The van der Waals surface area contributed by atoms with Crippen molar-refractivity contribution in [1.82, 2.24) is 10.2 Å².